The lowest BCUT2D eigenvalue weighted by atomic mass is 10.1. The first-order valence-corrected chi connectivity index (χ1v) is 14.0. The number of pyridine rings is 1. The zero-order chi connectivity index (χ0) is 29.4. The quantitative estimate of drug-likeness (QED) is 0.324. The first-order chi connectivity index (χ1) is 20.3. The molecule has 0 bridgehead atoms. The van der Waals surface area contributed by atoms with Crippen molar-refractivity contribution < 1.29 is 9.53 Å². The molecule has 1 unspecified atom stereocenters. The number of benzene rings is 2. The van der Waals surface area contributed by atoms with E-state index in [0.717, 1.165) is 29.7 Å². The SMILES string of the molecule is Cc1ccc(CNC(=O)c2ccc3c(=O)n(CC4CCCO4)c(=O)n(Cc4cc(=O)n5c(C)cccc5n4)c3c2)cc1. The number of aryl methyl sites for hydroxylation is 2. The van der Waals surface area contributed by atoms with E-state index in [0.29, 0.717) is 35.6 Å². The molecule has 10 heteroatoms. The van der Waals surface area contributed by atoms with Crippen LogP contribution in [-0.4, -0.2) is 37.1 Å². The Balaban J connectivity index is 1.43. The number of nitrogens with one attached hydrogen (secondary N) is 1. The molecule has 6 rings (SSSR count). The highest BCUT2D eigenvalue weighted by atomic mass is 16.5. The Hall–Kier alpha value is -4.83. The molecule has 0 radical (unpaired) electrons. The minimum absolute atomic E-state index is 0.0603. The Kier molecular flexibility index (Phi) is 7.30. The van der Waals surface area contributed by atoms with Crippen molar-refractivity contribution in [2.75, 3.05) is 6.61 Å². The molecule has 1 aliphatic heterocycles. The van der Waals surface area contributed by atoms with Crippen LogP contribution in [0.1, 0.15) is 45.7 Å². The molecule has 1 fully saturated rings. The van der Waals surface area contributed by atoms with Gasteiger partial charge in [0.1, 0.15) is 5.65 Å². The van der Waals surface area contributed by atoms with Crippen LogP contribution in [0.15, 0.2) is 81.1 Å². The van der Waals surface area contributed by atoms with Gasteiger partial charge in [0, 0.05) is 30.5 Å². The first kappa shape index (κ1) is 27.3. The molecule has 1 N–H and O–H groups in total. The van der Waals surface area contributed by atoms with Gasteiger partial charge in [0.25, 0.3) is 17.0 Å². The van der Waals surface area contributed by atoms with Gasteiger partial charge in [-0.2, -0.15) is 0 Å². The molecule has 2 aromatic carbocycles. The maximum Gasteiger partial charge on any atom is 0.331 e. The maximum absolute atomic E-state index is 13.9. The minimum atomic E-state index is -0.550. The zero-order valence-electron chi connectivity index (χ0n) is 23.5. The van der Waals surface area contributed by atoms with Crippen LogP contribution in [0.25, 0.3) is 16.6 Å². The molecule has 1 saturated heterocycles. The van der Waals surface area contributed by atoms with Crippen molar-refractivity contribution in [3.63, 3.8) is 0 Å². The summed E-state index contributed by atoms with van der Waals surface area (Å²) in [5.41, 5.74) is 2.98. The van der Waals surface area contributed by atoms with Crippen LogP contribution in [0.5, 0.6) is 0 Å². The highest BCUT2D eigenvalue weighted by molar-refractivity contribution is 5.97. The van der Waals surface area contributed by atoms with Gasteiger partial charge in [-0.3, -0.25) is 27.9 Å². The third-order valence-electron chi connectivity index (χ3n) is 7.73. The van der Waals surface area contributed by atoms with Crippen LogP contribution < -0.4 is 22.1 Å². The number of rotatable bonds is 7. The van der Waals surface area contributed by atoms with Crippen molar-refractivity contribution in [1.82, 2.24) is 23.8 Å². The van der Waals surface area contributed by atoms with E-state index < -0.39 is 11.2 Å². The van der Waals surface area contributed by atoms with E-state index in [1.165, 1.54) is 19.6 Å². The second-order valence-electron chi connectivity index (χ2n) is 10.8. The van der Waals surface area contributed by atoms with Crippen molar-refractivity contribution in [3.8, 4) is 0 Å². The Morgan fingerprint density at radius 3 is 2.57 bits per heavy atom. The number of hydrogen-bond acceptors (Lipinski definition) is 6. The molecule has 42 heavy (non-hydrogen) atoms. The summed E-state index contributed by atoms with van der Waals surface area (Å²) in [5, 5.41) is 3.20. The van der Waals surface area contributed by atoms with Gasteiger partial charge < -0.3 is 10.1 Å². The molecular weight excluding hydrogens is 534 g/mol. The summed E-state index contributed by atoms with van der Waals surface area (Å²) in [6.45, 7) is 4.80. The topological polar surface area (TPSA) is 117 Å². The van der Waals surface area contributed by atoms with Crippen LogP contribution in [0.2, 0.25) is 0 Å². The van der Waals surface area contributed by atoms with E-state index in [9.17, 15) is 19.2 Å². The summed E-state index contributed by atoms with van der Waals surface area (Å²) in [7, 11) is 0. The fourth-order valence-electron chi connectivity index (χ4n) is 5.46. The lowest BCUT2D eigenvalue weighted by Gasteiger charge is -2.17. The van der Waals surface area contributed by atoms with Gasteiger partial charge in [-0.1, -0.05) is 35.9 Å². The molecular formula is C32H31N5O5. The number of ether oxygens (including phenoxy) is 1. The molecule has 214 valence electrons. The third kappa shape index (κ3) is 5.28. The van der Waals surface area contributed by atoms with E-state index >= 15 is 0 Å². The lowest BCUT2D eigenvalue weighted by Crippen LogP contribution is -2.42. The van der Waals surface area contributed by atoms with Gasteiger partial charge in [-0.05, 0) is 62.6 Å². The van der Waals surface area contributed by atoms with Gasteiger partial charge in [0.2, 0.25) is 0 Å². The first-order valence-electron chi connectivity index (χ1n) is 14.0. The molecule has 4 heterocycles. The molecule has 10 nitrogen and oxygen atoms in total. The smallest absolute Gasteiger partial charge is 0.331 e. The largest absolute Gasteiger partial charge is 0.376 e. The predicted molar refractivity (Wildman–Crippen MR) is 159 cm³/mol. The molecule has 1 amide bonds. The summed E-state index contributed by atoms with van der Waals surface area (Å²) in [4.78, 5) is 58.2. The number of aromatic nitrogens is 4. The normalized spacial score (nSPS) is 15.0. The van der Waals surface area contributed by atoms with Crippen molar-refractivity contribution in [2.24, 2.45) is 0 Å². The number of nitrogens with zero attached hydrogens (tertiary/aromatic N) is 4. The van der Waals surface area contributed by atoms with Gasteiger partial charge >= 0.3 is 5.69 Å². The average molecular weight is 566 g/mol. The fraction of sp³-hybridized carbons (Fsp3) is 0.281. The average Bonchev–Trinajstić information content (AvgIpc) is 3.50. The predicted octanol–water partition coefficient (Wildman–Crippen LogP) is 2.95. The van der Waals surface area contributed by atoms with E-state index in [4.69, 9.17) is 4.74 Å². The Bertz CT molecular complexity index is 2000. The van der Waals surface area contributed by atoms with Gasteiger partial charge in [-0.15, -0.1) is 0 Å². The number of carbonyl (C=O) groups excluding carboxylic acids is 1. The molecule has 0 spiro atoms. The van der Waals surface area contributed by atoms with E-state index in [1.807, 2.05) is 50.2 Å². The van der Waals surface area contributed by atoms with Crippen molar-refractivity contribution in [3.05, 3.63) is 126 Å². The summed E-state index contributed by atoms with van der Waals surface area (Å²) < 4.78 is 9.82. The molecule has 1 atom stereocenters. The van der Waals surface area contributed by atoms with E-state index in [-0.39, 0.29) is 36.0 Å². The highest BCUT2D eigenvalue weighted by Gasteiger charge is 2.22. The van der Waals surface area contributed by atoms with Crippen molar-refractivity contribution >= 4 is 22.5 Å². The summed E-state index contributed by atoms with van der Waals surface area (Å²) in [6.07, 6.45) is 1.39. The van der Waals surface area contributed by atoms with Gasteiger partial charge in [-0.25, -0.2) is 9.78 Å². The summed E-state index contributed by atoms with van der Waals surface area (Å²) >= 11 is 0. The fourth-order valence-corrected chi connectivity index (χ4v) is 5.46. The van der Waals surface area contributed by atoms with Crippen LogP contribution in [-0.2, 0) is 24.4 Å². The van der Waals surface area contributed by atoms with E-state index in [2.05, 4.69) is 10.3 Å². The number of hydrogen-bond donors (Lipinski definition) is 1. The molecule has 3 aromatic heterocycles. The highest BCUT2D eigenvalue weighted by Crippen LogP contribution is 2.16. The monoisotopic (exact) mass is 565 g/mol. The molecule has 0 aliphatic carbocycles. The Morgan fingerprint density at radius 1 is 1.00 bits per heavy atom. The van der Waals surface area contributed by atoms with Crippen molar-refractivity contribution in [2.45, 2.75) is 52.4 Å². The third-order valence-corrected chi connectivity index (χ3v) is 7.73. The zero-order valence-corrected chi connectivity index (χ0v) is 23.5. The van der Waals surface area contributed by atoms with Gasteiger partial charge in [0.05, 0.1) is 35.8 Å². The summed E-state index contributed by atoms with van der Waals surface area (Å²) in [5.74, 6) is -0.336. The van der Waals surface area contributed by atoms with Gasteiger partial charge in [0.15, 0.2) is 0 Å². The minimum Gasteiger partial charge on any atom is -0.376 e. The van der Waals surface area contributed by atoms with Crippen LogP contribution in [0.3, 0.4) is 0 Å². The second kappa shape index (κ2) is 11.2. The van der Waals surface area contributed by atoms with Crippen LogP contribution in [0.4, 0.5) is 0 Å². The Morgan fingerprint density at radius 2 is 1.81 bits per heavy atom. The Labute approximate surface area is 240 Å². The number of carbonyl (C=O) groups is 1. The molecule has 0 saturated carbocycles. The van der Waals surface area contributed by atoms with Crippen molar-refractivity contribution in [1.29, 1.82) is 0 Å². The standard InChI is InChI=1S/C32H31N5O5/c1-20-8-10-22(11-9-20)17-33-30(39)23-12-13-26-27(15-23)35(32(41)36(31(26)40)19-25-6-4-14-42-25)18-24-16-29(38)37-21(2)5-3-7-28(37)34-24/h3,5,7-13,15-16,25H,4,6,14,17-19H2,1-2H3,(H,33,39). The molecule has 1 aliphatic rings. The lowest BCUT2D eigenvalue weighted by molar-refractivity contribution is 0.0947. The maximum atomic E-state index is 13.9. The van der Waals surface area contributed by atoms with Crippen LogP contribution >= 0.6 is 0 Å². The number of amides is 1. The number of fused-ring (bicyclic) bond motifs is 2. The molecule has 5 aromatic rings. The summed E-state index contributed by atoms with van der Waals surface area (Å²) in [6, 6.07) is 19.3. The van der Waals surface area contributed by atoms with E-state index in [1.54, 1.807) is 24.3 Å². The van der Waals surface area contributed by atoms with Crippen LogP contribution in [0, 0.1) is 13.8 Å². The second-order valence-corrected chi connectivity index (χ2v) is 10.8.